The van der Waals surface area contributed by atoms with Crippen LogP contribution in [0.25, 0.3) is 0 Å². The Morgan fingerprint density at radius 1 is 1.33 bits per heavy atom. The lowest BCUT2D eigenvalue weighted by Gasteiger charge is -2.19. The molecule has 0 aliphatic carbocycles. The Balaban J connectivity index is 1.99. The molecular weight excluding hydrogens is 208 g/mol. The van der Waals surface area contributed by atoms with Gasteiger partial charge in [-0.1, -0.05) is 37.6 Å². The molecule has 2 rings (SSSR count). The van der Waals surface area contributed by atoms with Gasteiger partial charge >= 0.3 is 0 Å². The van der Waals surface area contributed by atoms with Crippen LogP contribution in [-0.4, -0.2) is 17.8 Å². The smallest absolute Gasteiger partial charge is 0.0610 e. The van der Waals surface area contributed by atoms with E-state index in [1.165, 1.54) is 5.56 Å². The second kappa shape index (κ2) is 3.86. The Labute approximate surface area is 95.5 Å². The van der Waals surface area contributed by atoms with Crippen LogP contribution in [0.3, 0.4) is 0 Å². The van der Waals surface area contributed by atoms with E-state index in [1.807, 2.05) is 30.5 Å². The molecule has 0 spiro atoms. The van der Waals surface area contributed by atoms with Gasteiger partial charge in [-0.25, -0.2) is 0 Å². The van der Waals surface area contributed by atoms with Gasteiger partial charge in [0, 0.05) is 23.2 Å². The van der Waals surface area contributed by atoms with Gasteiger partial charge in [-0.05, 0) is 17.7 Å². The number of halogens is 1. The highest BCUT2D eigenvalue weighted by atomic mass is 35.5. The molecule has 0 radical (unpaired) electrons. The SMILES string of the molecule is CC1(C)C=NN(Cc2ccc(Cl)cc2)C1. The van der Waals surface area contributed by atoms with Crippen LogP contribution in [0.2, 0.25) is 5.02 Å². The zero-order valence-electron chi connectivity index (χ0n) is 9.07. The van der Waals surface area contributed by atoms with Crippen LogP contribution >= 0.6 is 11.6 Å². The van der Waals surface area contributed by atoms with Gasteiger partial charge in [0.2, 0.25) is 0 Å². The van der Waals surface area contributed by atoms with Gasteiger partial charge in [0.1, 0.15) is 0 Å². The standard InChI is InChI=1S/C12H15ClN2/c1-12(2)8-14-15(9-12)7-10-3-5-11(13)6-4-10/h3-6,8H,7,9H2,1-2H3. The molecule has 1 heterocycles. The minimum atomic E-state index is 0.201. The summed E-state index contributed by atoms with van der Waals surface area (Å²) in [5.41, 5.74) is 1.45. The summed E-state index contributed by atoms with van der Waals surface area (Å²) in [6, 6.07) is 7.93. The van der Waals surface area contributed by atoms with Crippen LogP contribution in [0.15, 0.2) is 29.4 Å². The molecule has 1 aliphatic rings. The van der Waals surface area contributed by atoms with E-state index in [0.29, 0.717) is 0 Å². The second-order valence-corrected chi connectivity index (χ2v) is 5.12. The molecule has 3 heteroatoms. The first-order chi connectivity index (χ1) is 7.05. The molecule has 2 nitrogen and oxygen atoms in total. The molecule has 80 valence electrons. The Kier molecular flexibility index (Phi) is 2.70. The molecule has 1 aromatic carbocycles. The minimum absolute atomic E-state index is 0.201. The van der Waals surface area contributed by atoms with Crippen molar-refractivity contribution < 1.29 is 0 Å². The lowest BCUT2D eigenvalue weighted by atomic mass is 9.96. The molecule has 0 bridgehead atoms. The normalized spacial score (nSPS) is 18.5. The van der Waals surface area contributed by atoms with Gasteiger partial charge in [0.25, 0.3) is 0 Å². The van der Waals surface area contributed by atoms with Crippen molar-refractivity contribution in [3.63, 3.8) is 0 Å². The fourth-order valence-corrected chi connectivity index (χ4v) is 1.81. The van der Waals surface area contributed by atoms with Gasteiger partial charge in [-0.2, -0.15) is 5.10 Å². The van der Waals surface area contributed by atoms with Gasteiger partial charge in [0.05, 0.1) is 6.54 Å². The number of nitrogens with zero attached hydrogens (tertiary/aromatic N) is 2. The molecule has 0 N–H and O–H groups in total. The number of hydrogen-bond acceptors (Lipinski definition) is 2. The first kappa shape index (κ1) is 10.5. The largest absolute Gasteiger partial charge is 0.292 e. The zero-order valence-corrected chi connectivity index (χ0v) is 9.83. The summed E-state index contributed by atoms with van der Waals surface area (Å²) in [6.45, 7) is 6.23. The van der Waals surface area contributed by atoms with Gasteiger partial charge in [0.15, 0.2) is 0 Å². The van der Waals surface area contributed by atoms with Crippen molar-refractivity contribution in [1.82, 2.24) is 5.01 Å². The maximum absolute atomic E-state index is 5.83. The average Bonchev–Trinajstić information content (AvgIpc) is 2.50. The Morgan fingerprint density at radius 2 is 2.00 bits per heavy atom. The highest BCUT2D eigenvalue weighted by Crippen LogP contribution is 2.22. The summed E-state index contributed by atoms with van der Waals surface area (Å²) >= 11 is 5.83. The highest BCUT2D eigenvalue weighted by molar-refractivity contribution is 6.30. The summed E-state index contributed by atoms with van der Waals surface area (Å²) in [6.07, 6.45) is 2.02. The van der Waals surface area contributed by atoms with Crippen molar-refractivity contribution in [3.05, 3.63) is 34.9 Å². The second-order valence-electron chi connectivity index (χ2n) is 4.68. The van der Waals surface area contributed by atoms with Crippen molar-refractivity contribution in [1.29, 1.82) is 0 Å². The van der Waals surface area contributed by atoms with Crippen LogP contribution in [0, 0.1) is 5.41 Å². The van der Waals surface area contributed by atoms with E-state index in [9.17, 15) is 0 Å². The highest BCUT2D eigenvalue weighted by Gasteiger charge is 2.24. The van der Waals surface area contributed by atoms with Crippen molar-refractivity contribution in [2.45, 2.75) is 20.4 Å². The summed E-state index contributed by atoms with van der Waals surface area (Å²) < 4.78 is 0. The molecule has 0 saturated heterocycles. The van der Waals surface area contributed by atoms with Crippen LogP contribution < -0.4 is 0 Å². The van der Waals surface area contributed by atoms with E-state index >= 15 is 0 Å². The third kappa shape index (κ3) is 2.72. The average molecular weight is 223 g/mol. The first-order valence-corrected chi connectivity index (χ1v) is 5.47. The summed E-state index contributed by atoms with van der Waals surface area (Å²) in [4.78, 5) is 0. The first-order valence-electron chi connectivity index (χ1n) is 5.10. The monoisotopic (exact) mass is 222 g/mol. The molecule has 0 aromatic heterocycles. The minimum Gasteiger partial charge on any atom is -0.292 e. The van der Waals surface area contributed by atoms with E-state index in [-0.39, 0.29) is 5.41 Å². The van der Waals surface area contributed by atoms with Crippen molar-refractivity contribution in [3.8, 4) is 0 Å². The summed E-state index contributed by atoms with van der Waals surface area (Å²) in [5.74, 6) is 0. The quantitative estimate of drug-likeness (QED) is 0.751. The van der Waals surface area contributed by atoms with Crippen molar-refractivity contribution in [2.75, 3.05) is 6.54 Å². The lowest BCUT2D eigenvalue weighted by molar-refractivity contribution is 0.258. The lowest BCUT2D eigenvalue weighted by Crippen LogP contribution is -2.23. The van der Waals surface area contributed by atoms with E-state index in [2.05, 4.69) is 24.0 Å². The van der Waals surface area contributed by atoms with E-state index in [4.69, 9.17) is 11.6 Å². The third-order valence-electron chi connectivity index (χ3n) is 2.44. The Hall–Kier alpha value is -1.02. The molecule has 0 saturated carbocycles. The van der Waals surface area contributed by atoms with Crippen molar-refractivity contribution >= 4 is 17.8 Å². The molecule has 15 heavy (non-hydrogen) atoms. The molecular formula is C12H15ClN2. The number of rotatable bonds is 2. The number of hydrazone groups is 1. The number of benzene rings is 1. The molecule has 1 aliphatic heterocycles. The molecule has 0 unspecified atom stereocenters. The van der Waals surface area contributed by atoms with Crippen LogP contribution in [0.1, 0.15) is 19.4 Å². The van der Waals surface area contributed by atoms with E-state index < -0.39 is 0 Å². The molecule has 1 aromatic rings. The molecule has 0 amide bonds. The maximum atomic E-state index is 5.83. The van der Waals surface area contributed by atoms with Gasteiger partial charge in [-0.3, -0.25) is 5.01 Å². The fourth-order valence-electron chi connectivity index (χ4n) is 1.69. The van der Waals surface area contributed by atoms with E-state index in [0.717, 1.165) is 18.1 Å². The van der Waals surface area contributed by atoms with Crippen LogP contribution in [-0.2, 0) is 6.54 Å². The van der Waals surface area contributed by atoms with Crippen molar-refractivity contribution in [2.24, 2.45) is 10.5 Å². The number of hydrogen-bond donors (Lipinski definition) is 0. The summed E-state index contributed by atoms with van der Waals surface area (Å²) in [5, 5.41) is 7.25. The maximum Gasteiger partial charge on any atom is 0.0610 e. The predicted molar refractivity (Wildman–Crippen MR) is 64.1 cm³/mol. The summed E-state index contributed by atoms with van der Waals surface area (Å²) in [7, 11) is 0. The molecule has 0 fully saturated rings. The fraction of sp³-hybridized carbons (Fsp3) is 0.417. The molecule has 0 atom stereocenters. The third-order valence-corrected chi connectivity index (χ3v) is 2.69. The Bertz CT molecular complexity index is 368. The Morgan fingerprint density at radius 3 is 2.53 bits per heavy atom. The topological polar surface area (TPSA) is 15.6 Å². The van der Waals surface area contributed by atoms with Gasteiger partial charge < -0.3 is 0 Å². The zero-order chi connectivity index (χ0) is 10.9. The predicted octanol–water partition coefficient (Wildman–Crippen LogP) is 3.17. The van der Waals surface area contributed by atoms with E-state index in [1.54, 1.807) is 0 Å². The van der Waals surface area contributed by atoms with Gasteiger partial charge in [-0.15, -0.1) is 0 Å². The van der Waals surface area contributed by atoms with Crippen LogP contribution in [0.4, 0.5) is 0 Å². The van der Waals surface area contributed by atoms with Crippen LogP contribution in [0.5, 0.6) is 0 Å².